The molecular weight excluding hydrogens is 200 g/mol. The molecule has 15 heavy (non-hydrogen) atoms. The minimum Gasteiger partial charge on any atom is -0.417 e. The SMILES string of the molecule is CC(C)O[SiH](C1CCCC1)C1CCCC1. The van der Waals surface area contributed by atoms with Crippen LogP contribution in [0, 0.1) is 0 Å². The highest BCUT2D eigenvalue weighted by Crippen LogP contribution is 2.43. The van der Waals surface area contributed by atoms with Gasteiger partial charge in [-0.3, -0.25) is 0 Å². The van der Waals surface area contributed by atoms with Gasteiger partial charge in [0.2, 0.25) is 0 Å². The monoisotopic (exact) mass is 226 g/mol. The Morgan fingerprint density at radius 1 is 0.867 bits per heavy atom. The Morgan fingerprint density at radius 2 is 1.27 bits per heavy atom. The Bertz CT molecular complexity index is 165. The molecule has 0 aromatic carbocycles. The molecule has 2 saturated carbocycles. The maximum atomic E-state index is 6.36. The number of hydrogen-bond donors (Lipinski definition) is 0. The maximum absolute atomic E-state index is 6.36. The third-order valence-electron chi connectivity index (χ3n) is 4.16. The smallest absolute Gasteiger partial charge is 0.183 e. The summed E-state index contributed by atoms with van der Waals surface area (Å²) < 4.78 is 6.36. The van der Waals surface area contributed by atoms with Crippen molar-refractivity contribution in [2.45, 2.75) is 82.4 Å². The lowest BCUT2D eigenvalue weighted by Gasteiger charge is -2.29. The van der Waals surface area contributed by atoms with E-state index in [-0.39, 0.29) is 0 Å². The van der Waals surface area contributed by atoms with E-state index in [1.807, 2.05) is 0 Å². The van der Waals surface area contributed by atoms with Crippen LogP contribution in [0.25, 0.3) is 0 Å². The van der Waals surface area contributed by atoms with Crippen molar-refractivity contribution in [3.8, 4) is 0 Å². The van der Waals surface area contributed by atoms with Gasteiger partial charge in [0.25, 0.3) is 0 Å². The predicted octanol–water partition coefficient (Wildman–Crippen LogP) is 4.02. The molecule has 0 aromatic rings. The summed E-state index contributed by atoms with van der Waals surface area (Å²) in [5.41, 5.74) is 2.05. The second-order valence-corrected chi connectivity index (χ2v) is 8.83. The highest BCUT2D eigenvalue weighted by atomic mass is 28.3. The molecule has 0 aromatic heterocycles. The molecule has 0 N–H and O–H groups in total. The van der Waals surface area contributed by atoms with Gasteiger partial charge in [0.1, 0.15) is 0 Å². The molecule has 88 valence electrons. The zero-order valence-corrected chi connectivity index (χ0v) is 11.5. The van der Waals surface area contributed by atoms with E-state index in [4.69, 9.17) is 4.43 Å². The molecular formula is C13H26OSi. The molecule has 2 rings (SSSR count). The average Bonchev–Trinajstić information content (AvgIpc) is 2.87. The highest BCUT2D eigenvalue weighted by molar-refractivity contribution is 6.55. The van der Waals surface area contributed by atoms with Crippen molar-refractivity contribution >= 4 is 9.04 Å². The Balaban J connectivity index is 1.94. The van der Waals surface area contributed by atoms with E-state index in [1.54, 1.807) is 0 Å². The van der Waals surface area contributed by atoms with E-state index in [9.17, 15) is 0 Å². The molecule has 2 fully saturated rings. The van der Waals surface area contributed by atoms with Crippen LogP contribution in [-0.4, -0.2) is 15.1 Å². The van der Waals surface area contributed by atoms with Gasteiger partial charge in [-0.25, -0.2) is 0 Å². The van der Waals surface area contributed by atoms with Crippen LogP contribution in [0.1, 0.15) is 65.2 Å². The van der Waals surface area contributed by atoms with Crippen LogP contribution in [0.3, 0.4) is 0 Å². The maximum Gasteiger partial charge on any atom is 0.183 e. The van der Waals surface area contributed by atoms with Crippen LogP contribution < -0.4 is 0 Å². The van der Waals surface area contributed by atoms with Crippen molar-refractivity contribution in [2.24, 2.45) is 0 Å². The molecule has 0 unspecified atom stereocenters. The lowest BCUT2D eigenvalue weighted by Crippen LogP contribution is -2.31. The van der Waals surface area contributed by atoms with Crippen LogP contribution in [-0.2, 0) is 4.43 Å². The van der Waals surface area contributed by atoms with Crippen molar-refractivity contribution < 1.29 is 4.43 Å². The Kier molecular flexibility index (Phi) is 4.27. The molecule has 0 bridgehead atoms. The summed E-state index contributed by atoms with van der Waals surface area (Å²) in [6.07, 6.45) is 12.3. The second-order valence-electron chi connectivity index (χ2n) is 5.74. The third-order valence-corrected chi connectivity index (χ3v) is 8.21. The fraction of sp³-hybridized carbons (Fsp3) is 1.00. The first kappa shape index (κ1) is 11.7. The highest BCUT2D eigenvalue weighted by Gasteiger charge is 2.36. The van der Waals surface area contributed by atoms with Gasteiger partial charge in [0.15, 0.2) is 9.04 Å². The molecule has 0 spiro atoms. The predicted molar refractivity (Wildman–Crippen MR) is 67.8 cm³/mol. The molecule has 0 heterocycles. The van der Waals surface area contributed by atoms with Gasteiger partial charge >= 0.3 is 0 Å². The van der Waals surface area contributed by atoms with Gasteiger partial charge in [0.05, 0.1) is 0 Å². The van der Waals surface area contributed by atoms with E-state index in [1.165, 1.54) is 51.4 Å². The normalized spacial score (nSPS) is 24.8. The molecule has 0 radical (unpaired) electrons. The molecule has 0 aliphatic heterocycles. The van der Waals surface area contributed by atoms with Crippen LogP contribution in [0.4, 0.5) is 0 Å². The van der Waals surface area contributed by atoms with Gasteiger partial charge in [-0.05, 0) is 24.9 Å². The zero-order valence-electron chi connectivity index (χ0n) is 10.4. The van der Waals surface area contributed by atoms with Gasteiger partial charge in [0, 0.05) is 6.10 Å². The molecule has 0 saturated heterocycles. The molecule has 0 amide bonds. The second kappa shape index (κ2) is 5.49. The van der Waals surface area contributed by atoms with Crippen LogP contribution in [0.5, 0.6) is 0 Å². The Hall–Kier alpha value is 0.177. The minimum atomic E-state index is -0.897. The fourth-order valence-electron chi connectivity index (χ4n) is 3.49. The van der Waals surface area contributed by atoms with E-state index in [0.29, 0.717) is 6.10 Å². The first-order valence-corrected chi connectivity index (χ1v) is 8.73. The van der Waals surface area contributed by atoms with Gasteiger partial charge in [-0.2, -0.15) is 0 Å². The van der Waals surface area contributed by atoms with Crippen molar-refractivity contribution in [1.29, 1.82) is 0 Å². The van der Waals surface area contributed by atoms with Crippen molar-refractivity contribution in [3.05, 3.63) is 0 Å². The molecule has 2 aliphatic rings. The average molecular weight is 226 g/mol. The summed E-state index contributed by atoms with van der Waals surface area (Å²) in [5.74, 6) is 0. The fourth-order valence-corrected chi connectivity index (χ4v) is 7.59. The lowest BCUT2D eigenvalue weighted by molar-refractivity contribution is 0.229. The summed E-state index contributed by atoms with van der Waals surface area (Å²) in [7, 11) is -0.897. The standard InChI is InChI=1S/C13H26OSi/c1-11(2)14-15(12-7-3-4-8-12)13-9-5-6-10-13/h11-13,15H,3-10H2,1-2H3. The Morgan fingerprint density at radius 3 is 1.60 bits per heavy atom. The number of hydrogen-bond acceptors (Lipinski definition) is 1. The molecule has 0 atom stereocenters. The van der Waals surface area contributed by atoms with Crippen LogP contribution in [0.2, 0.25) is 11.1 Å². The largest absolute Gasteiger partial charge is 0.417 e. The van der Waals surface area contributed by atoms with Crippen LogP contribution in [0.15, 0.2) is 0 Å². The van der Waals surface area contributed by atoms with Crippen molar-refractivity contribution in [2.75, 3.05) is 0 Å². The lowest BCUT2D eigenvalue weighted by atomic mass is 10.3. The third kappa shape index (κ3) is 3.07. The molecule has 2 heteroatoms. The Labute approximate surface area is 96.3 Å². The summed E-state index contributed by atoms with van der Waals surface area (Å²) in [6, 6.07) is 0. The van der Waals surface area contributed by atoms with E-state index >= 15 is 0 Å². The van der Waals surface area contributed by atoms with E-state index < -0.39 is 9.04 Å². The van der Waals surface area contributed by atoms with Gasteiger partial charge in [-0.15, -0.1) is 0 Å². The minimum absolute atomic E-state index is 0.475. The zero-order chi connectivity index (χ0) is 10.7. The summed E-state index contributed by atoms with van der Waals surface area (Å²) in [5, 5.41) is 0. The quantitative estimate of drug-likeness (QED) is 0.658. The molecule has 1 nitrogen and oxygen atoms in total. The van der Waals surface area contributed by atoms with Crippen molar-refractivity contribution in [1.82, 2.24) is 0 Å². The topological polar surface area (TPSA) is 9.23 Å². The van der Waals surface area contributed by atoms with E-state index in [2.05, 4.69) is 13.8 Å². The van der Waals surface area contributed by atoms with Crippen molar-refractivity contribution in [3.63, 3.8) is 0 Å². The van der Waals surface area contributed by atoms with Gasteiger partial charge in [-0.1, -0.05) is 51.4 Å². The van der Waals surface area contributed by atoms with E-state index in [0.717, 1.165) is 11.1 Å². The van der Waals surface area contributed by atoms with Crippen LogP contribution >= 0.6 is 0 Å². The molecule has 2 aliphatic carbocycles. The number of rotatable bonds is 4. The first-order valence-electron chi connectivity index (χ1n) is 6.93. The van der Waals surface area contributed by atoms with Gasteiger partial charge < -0.3 is 4.43 Å². The summed E-state index contributed by atoms with van der Waals surface area (Å²) in [6.45, 7) is 4.45. The summed E-state index contributed by atoms with van der Waals surface area (Å²) in [4.78, 5) is 0. The summed E-state index contributed by atoms with van der Waals surface area (Å²) >= 11 is 0. The first-order chi connectivity index (χ1) is 7.27.